The molecule has 0 heterocycles. The van der Waals surface area contributed by atoms with Crippen molar-refractivity contribution < 1.29 is 24.0 Å². The number of amides is 2. The number of esters is 1. The van der Waals surface area contributed by atoms with Crippen molar-refractivity contribution in [3.63, 3.8) is 0 Å². The maximum atomic E-state index is 12.5. The van der Waals surface area contributed by atoms with Crippen molar-refractivity contribution in [1.82, 2.24) is 0 Å². The molecule has 2 N–H and O–H groups in total. The maximum absolute atomic E-state index is 12.5. The van der Waals surface area contributed by atoms with Crippen LogP contribution in [0.25, 0.3) is 0 Å². The van der Waals surface area contributed by atoms with E-state index in [1.54, 1.807) is 38.1 Å². The highest BCUT2D eigenvalue weighted by molar-refractivity contribution is 6.06. The molecule has 0 unspecified atom stereocenters. The fourth-order valence-corrected chi connectivity index (χ4v) is 2.25. The first-order valence-electron chi connectivity index (χ1n) is 8.31. The molecule has 0 aliphatic rings. The summed E-state index contributed by atoms with van der Waals surface area (Å²) in [7, 11) is 1.14. The van der Waals surface area contributed by atoms with Crippen molar-refractivity contribution >= 4 is 34.8 Å². The number of nitro benzene ring substituents is 1. The topological polar surface area (TPSA) is 128 Å². The molecule has 0 fully saturated rings. The lowest BCUT2D eigenvalue weighted by Crippen LogP contribution is -2.18. The zero-order valence-corrected chi connectivity index (χ0v) is 15.5. The van der Waals surface area contributed by atoms with Gasteiger partial charge in [-0.25, -0.2) is 4.79 Å². The number of nitrogens with one attached hydrogen (secondary N) is 2. The van der Waals surface area contributed by atoms with Crippen LogP contribution in [0.2, 0.25) is 0 Å². The van der Waals surface area contributed by atoms with Crippen LogP contribution in [0.15, 0.2) is 42.5 Å². The standard InChI is InChI=1S/C19H19N3O6/c1-11(2)17(23)20-14-5-4-6-15(10-14)21-18(24)12-7-13(19(25)28-3)9-16(8-12)22(26)27/h4-11H,1-3H3,(H,20,23)(H,21,24). The third kappa shape index (κ3) is 5.13. The SMILES string of the molecule is COC(=O)c1cc(C(=O)Nc2cccc(NC(=O)C(C)C)c2)cc([N+](=O)[O-])c1. The molecule has 28 heavy (non-hydrogen) atoms. The number of hydrogen-bond donors (Lipinski definition) is 2. The first kappa shape index (κ1) is 20.6. The Morgan fingerprint density at radius 1 is 1.00 bits per heavy atom. The molecule has 0 aliphatic heterocycles. The largest absolute Gasteiger partial charge is 0.465 e. The number of rotatable bonds is 6. The van der Waals surface area contributed by atoms with E-state index in [9.17, 15) is 24.5 Å². The minimum Gasteiger partial charge on any atom is -0.465 e. The lowest BCUT2D eigenvalue weighted by molar-refractivity contribution is -0.384. The number of hydrogen-bond acceptors (Lipinski definition) is 6. The summed E-state index contributed by atoms with van der Waals surface area (Å²) < 4.78 is 4.56. The highest BCUT2D eigenvalue weighted by Crippen LogP contribution is 2.21. The Morgan fingerprint density at radius 3 is 2.18 bits per heavy atom. The average Bonchev–Trinajstić information content (AvgIpc) is 2.67. The summed E-state index contributed by atoms with van der Waals surface area (Å²) in [6.07, 6.45) is 0. The fraction of sp³-hybridized carbons (Fsp3) is 0.211. The van der Waals surface area contributed by atoms with Gasteiger partial charge >= 0.3 is 5.97 Å². The molecule has 0 saturated heterocycles. The molecule has 0 aromatic heterocycles. The van der Waals surface area contributed by atoms with Crippen LogP contribution in [-0.4, -0.2) is 29.8 Å². The zero-order chi connectivity index (χ0) is 20.8. The van der Waals surface area contributed by atoms with E-state index in [0.717, 1.165) is 19.2 Å². The van der Waals surface area contributed by atoms with Crippen molar-refractivity contribution in [2.24, 2.45) is 5.92 Å². The molecular weight excluding hydrogens is 366 g/mol. The van der Waals surface area contributed by atoms with Crippen LogP contribution in [0.3, 0.4) is 0 Å². The highest BCUT2D eigenvalue weighted by Gasteiger charge is 2.18. The van der Waals surface area contributed by atoms with Gasteiger partial charge < -0.3 is 15.4 Å². The van der Waals surface area contributed by atoms with Gasteiger partial charge in [0.05, 0.1) is 17.6 Å². The van der Waals surface area contributed by atoms with Crippen LogP contribution in [0.5, 0.6) is 0 Å². The molecular formula is C19H19N3O6. The summed E-state index contributed by atoms with van der Waals surface area (Å²) in [4.78, 5) is 46.4. The second kappa shape index (κ2) is 8.76. The number of nitrogens with zero attached hydrogens (tertiary/aromatic N) is 1. The highest BCUT2D eigenvalue weighted by atomic mass is 16.6. The van der Waals surface area contributed by atoms with Gasteiger partial charge in [0.15, 0.2) is 0 Å². The lowest BCUT2D eigenvalue weighted by Gasteiger charge is -2.10. The molecule has 0 radical (unpaired) electrons. The molecule has 0 saturated carbocycles. The van der Waals surface area contributed by atoms with E-state index < -0.39 is 22.5 Å². The van der Waals surface area contributed by atoms with Gasteiger partial charge in [0.25, 0.3) is 11.6 Å². The molecule has 9 nitrogen and oxygen atoms in total. The number of carbonyl (C=O) groups is 3. The summed E-state index contributed by atoms with van der Waals surface area (Å²) in [5, 5.41) is 16.4. The molecule has 0 aliphatic carbocycles. The summed E-state index contributed by atoms with van der Waals surface area (Å²) in [5.41, 5.74) is 0.264. The Kier molecular flexibility index (Phi) is 6.43. The van der Waals surface area contributed by atoms with Crippen molar-refractivity contribution in [3.05, 3.63) is 63.7 Å². The van der Waals surface area contributed by atoms with Gasteiger partial charge in [0, 0.05) is 35.0 Å². The molecule has 146 valence electrons. The molecule has 2 rings (SSSR count). The van der Waals surface area contributed by atoms with Crippen molar-refractivity contribution in [2.75, 3.05) is 17.7 Å². The van der Waals surface area contributed by atoms with E-state index in [1.807, 2.05) is 0 Å². The van der Waals surface area contributed by atoms with Gasteiger partial charge in [0.1, 0.15) is 0 Å². The van der Waals surface area contributed by atoms with Crippen molar-refractivity contribution in [1.29, 1.82) is 0 Å². The normalized spacial score (nSPS) is 10.3. The minimum atomic E-state index is -0.795. The Morgan fingerprint density at radius 2 is 1.61 bits per heavy atom. The van der Waals surface area contributed by atoms with Crippen LogP contribution in [0, 0.1) is 16.0 Å². The Labute approximate surface area is 160 Å². The number of methoxy groups -OCH3 is 1. The first-order chi connectivity index (χ1) is 13.2. The van der Waals surface area contributed by atoms with Gasteiger partial charge in [-0.3, -0.25) is 19.7 Å². The zero-order valence-electron chi connectivity index (χ0n) is 15.5. The van der Waals surface area contributed by atoms with E-state index in [0.29, 0.717) is 11.4 Å². The minimum absolute atomic E-state index is 0.0776. The summed E-state index contributed by atoms with van der Waals surface area (Å²) >= 11 is 0. The third-order valence-corrected chi connectivity index (χ3v) is 3.72. The predicted octanol–water partition coefficient (Wildman–Crippen LogP) is 3.23. The number of benzene rings is 2. The maximum Gasteiger partial charge on any atom is 0.338 e. The Hall–Kier alpha value is -3.75. The third-order valence-electron chi connectivity index (χ3n) is 3.72. The number of carbonyl (C=O) groups excluding carboxylic acids is 3. The second-order valence-electron chi connectivity index (χ2n) is 6.20. The van der Waals surface area contributed by atoms with Crippen LogP contribution < -0.4 is 10.6 Å². The molecule has 0 spiro atoms. The number of ether oxygens (including phenoxy) is 1. The smallest absolute Gasteiger partial charge is 0.338 e. The number of non-ortho nitro benzene ring substituents is 1. The van der Waals surface area contributed by atoms with Gasteiger partial charge in [0.2, 0.25) is 5.91 Å². The number of anilines is 2. The monoisotopic (exact) mass is 385 g/mol. The predicted molar refractivity (Wildman–Crippen MR) is 102 cm³/mol. The molecule has 2 amide bonds. The molecule has 0 bridgehead atoms. The van der Waals surface area contributed by atoms with Crippen LogP contribution in [-0.2, 0) is 9.53 Å². The van der Waals surface area contributed by atoms with Crippen LogP contribution >= 0.6 is 0 Å². The van der Waals surface area contributed by atoms with Crippen LogP contribution in [0.4, 0.5) is 17.1 Å². The summed E-state index contributed by atoms with van der Waals surface area (Å²) in [6, 6.07) is 9.76. The summed E-state index contributed by atoms with van der Waals surface area (Å²) in [6.45, 7) is 3.50. The average molecular weight is 385 g/mol. The quantitative estimate of drug-likeness (QED) is 0.446. The van der Waals surface area contributed by atoms with E-state index in [1.165, 1.54) is 6.07 Å². The van der Waals surface area contributed by atoms with Gasteiger partial charge in [-0.2, -0.15) is 0 Å². The molecule has 9 heteroatoms. The molecule has 2 aromatic rings. The summed E-state index contributed by atoms with van der Waals surface area (Å²) in [5.74, 6) is -1.83. The second-order valence-corrected chi connectivity index (χ2v) is 6.20. The molecule has 2 aromatic carbocycles. The van der Waals surface area contributed by atoms with Crippen molar-refractivity contribution in [2.45, 2.75) is 13.8 Å². The van der Waals surface area contributed by atoms with Gasteiger partial charge in [-0.1, -0.05) is 19.9 Å². The van der Waals surface area contributed by atoms with Crippen LogP contribution in [0.1, 0.15) is 34.6 Å². The lowest BCUT2D eigenvalue weighted by atomic mass is 10.1. The van der Waals surface area contributed by atoms with E-state index in [4.69, 9.17) is 0 Å². The first-order valence-corrected chi connectivity index (χ1v) is 8.31. The Bertz CT molecular complexity index is 939. The van der Waals surface area contributed by atoms with E-state index >= 15 is 0 Å². The number of nitro groups is 1. The van der Waals surface area contributed by atoms with Gasteiger partial charge in [-0.05, 0) is 24.3 Å². The molecule has 0 atom stereocenters. The van der Waals surface area contributed by atoms with Crippen molar-refractivity contribution in [3.8, 4) is 0 Å². The van der Waals surface area contributed by atoms with Gasteiger partial charge in [-0.15, -0.1) is 0 Å². The van der Waals surface area contributed by atoms with E-state index in [2.05, 4.69) is 15.4 Å². The van der Waals surface area contributed by atoms with E-state index in [-0.39, 0.29) is 23.0 Å². The fourth-order valence-electron chi connectivity index (χ4n) is 2.25. The Balaban J connectivity index is 2.27.